The van der Waals surface area contributed by atoms with Gasteiger partial charge in [0.15, 0.2) is 0 Å². The lowest BCUT2D eigenvalue weighted by Crippen LogP contribution is -2.45. The van der Waals surface area contributed by atoms with E-state index in [1.54, 1.807) is 24.5 Å². The number of aryl methyl sites for hydroxylation is 1. The molecule has 1 atom stereocenters. The summed E-state index contributed by atoms with van der Waals surface area (Å²) >= 11 is 12.6. The summed E-state index contributed by atoms with van der Waals surface area (Å²) in [4.78, 5) is 14.8. The molecule has 2 aromatic heterocycles. The third-order valence-corrected chi connectivity index (χ3v) is 5.49. The van der Waals surface area contributed by atoms with Crippen molar-refractivity contribution in [3.63, 3.8) is 0 Å². The first-order valence-electron chi connectivity index (χ1n) is 8.91. The summed E-state index contributed by atoms with van der Waals surface area (Å²) in [6, 6.07) is 7.21. The third-order valence-electron chi connectivity index (χ3n) is 4.73. The normalized spacial score (nSPS) is 17.1. The Morgan fingerprint density at radius 2 is 2.14 bits per heavy atom. The minimum Gasteiger partial charge on any atom is -0.373 e. The molecule has 1 aliphatic rings. The molecule has 1 saturated heterocycles. The Bertz CT molecular complexity index is 1040. The Balaban J connectivity index is 1.59. The Kier molecular flexibility index (Phi) is 5.39. The smallest absolute Gasteiger partial charge is 0.292 e. The van der Waals surface area contributed by atoms with Crippen LogP contribution in [0.15, 0.2) is 47.7 Å². The van der Waals surface area contributed by atoms with Crippen molar-refractivity contribution in [1.82, 2.24) is 19.6 Å². The van der Waals surface area contributed by atoms with Crippen molar-refractivity contribution in [2.24, 2.45) is 0 Å². The second kappa shape index (κ2) is 7.95. The van der Waals surface area contributed by atoms with Gasteiger partial charge in [0, 0.05) is 30.5 Å². The summed E-state index contributed by atoms with van der Waals surface area (Å²) in [7, 11) is 0. The summed E-state index contributed by atoms with van der Waals surface area (Å²) in [6.45, 7) is 4.31. The van der Waals surface area contributed by atoms with Crippen molar-refractivity contribution in [1.29, 1.82) is 0 Å². The van der Waals surface area contributed by atoms with Crippen LogP contribution in [0.1, 0.15) is 5.56 Å². The molecular formula is C19H19Cl2N5O2. The van der Waals surface area contributed by atoms with E-state index in [9.17, 15) is 4.79 Å². The maximum Gasteiger partial charge on any atom is 0.292 e. The zero-order valence-corrected chi connectivity index (χ0v) is 16.8. The highest BCUT2D eigenvalue weighted by atomic mass is 35.5. The molecule has 0 aliphatic carbocycles. The predicted octanol–water partition coefficient (Wildman–Crippen LogP) is 2.95. The fourth-order valence-corrected chi connectivity index (χ4v) is 3.63. The van der Waals surface area contributed by atoms with Crippen LogP contribution in [0.5, 0.6) is 0 Å². The largest absolute Gasteiger partial charge is 0.373 e. The van der Waals surface area contributed by atoms with E-state index in [1.807, 2.05) is 34.8 Å². The van der Waals surface area contributed by atoms with Gasteiger partial charge >= 0.3 is 0 Å². The molecule has 0 amide bonds. The molecule has 28 heavy (non-hydrogen) atoms. The molecule has 0 saturated carbocycles. The second-order valence-corrected chi connectivity index (χ2v) is 7.45. The van der Waals surface area contributed by atoms with E-state index in [4.69, 9.17) is 27.9 Å². The number of rotatable bonds is 4. The molecule has 9 heteroatoms. The van der Waals surface area contributed by atoms with Gasteiger partial charge in [0.1, 0.15) is 5.02 Å². The minimum atomic E-state index is -0.380. The van der Waals surface area contributed by atoms with Crippen LogP contribution in [-0.2, 0) is 11.3 Å². The topological polar surface area (TPSA) is 65.2 Å². The van der Waals surface area contributed by atoms with E-state index in [-0.39, 0.29) is 16.7 Å². The number of nitrogens with zero attached hydrogens (tertiary/aromatic N) is 5. The van der Waals surface area contributed by atoms with Crippen LogP contribution in [-0.4, -0.2) is 45.4 Å². The molecular weight excluding hydrogens is 401 g/mol. The van der Waals surface area contributed by atoms with Gasteiger partial charge in [0.2, 0.25) is 0 Å². The molecule has 3 heterocycles. The van der Waals surface area contributed by atoms with Crippen molar-refractivity contribution in [3.05, 3.63) is 68.8 Å². The number of morpholine rings is 1. The first kappa shape index (κ1) is 19.0. The van der Waals surface area contributed by atoms with Crippen molar-refractivity contribution < 1.29 is 4.74 Å². The van der Waals surface area contributed by atoms with Gasteiger partial charge in [-0.05, 0) is 30.7 Å². The van der Waals surface area contributed by atoms with Gasteiger partial charge in [-0.25, -0.2) is 0 Å². The third kappa shape index (κ3) is 3.78. The van der Waals surface area contributed by atoms with Gasteiger partial charge in [-0.2, -0.15) is 14.9 Å². The highest BCUT2D eigenvalue weighted by Crippen LogP contribution is 2.25. The Morgan fingerprint density at radius 1 is 1.29 bits per heavy atom. The second-order valence-electron chi connectivity index (χ2n) is 6.66. The number of hydrogen-bond donors (Lipinski definition) is 0. The number of anilines is 1. The van der Waals surface area contributed by atoms with Gasteiger partial charge < -0.3 is 9.64 Å². The van der Waals surface area contributed by atoms with Crippen LogP contribution in [0.4, 0.5) is 5.69 Å². The molecule has 0 spiro atoms. The SMILES string of the molecule is Cc1ccc(-n2ncc(N3CCOC(Cn4cccn4)C3)c(Cl)c2=O)cc1Cl. The monoisotopic (exact) mass is 419 g/mol. The average molecular weight is 420 g/mol. The van der Waals surface area contributed by atoms with Gasteiger partial charge in [-0.3, -0.25) is 9.48 Å². The van der Waals surface area contributed by atoms with Crippen LogP contribution in [0, 0.1) is 6.92 Å². The fourth-order valence-electron chi connectivity index (χ4n) is 3.21. The number of aromatic nitrogens is 4. The maximum atomic E-state index is 12.8. The molecule has 1 unspecified atom stereocenters. The number of halogens is 2. The van der Waals surface area contributed by atoms with Crippen LogP contribution in [0.2, 0.25) is 10.0 Å². The zero-order chi connectivity index (χ0) is 19.7. The lowest BCUT2D eigenvalue weighted by atomic mass is 10.2. The standard InChI is InChI=1S/C19H19Cl2N5O2/c1-13-3-4-14(9-16(13)20)26-19(27)18(21)17(10-23-26)24-7-8-28-15(11-24)12-25-6-2-5-22-25/h2-6,9-10,15H,7-8,11-12H2,1H3. The van der Waals surface area contributed by atoms with Crippen molar-refractivity contribution >= 4 is 28.9 Å². The lowest BCUT2D eigenvalue weighted by molar-refractivity contribution is 0.0274. The molecule has 0 bridgehead atoms. The summed E-state index contributed by atoms with van der Waals surface area (Å²) in [5, 5.41) is 9.23. The summed E-state index contributed by atoms with van der Waals surface area (Å²) in [6.07, 6.45) is 5.19. The van der Waals surface area contributed by atoms with Crippen molar-refractivity contribution in [2.75, 3.05) is 24.6 Å². The van der Waals surface area contributed by atoms with E-state index in [2.05, 4.69) is 10.2 Å². The van der Waals surface area contributed by atoms with Gasteiger partial charge in [-0.15, -0.1) is 0 Å². The minimum absolute atomic E-state index is 0.0527. The predicted molar refractivity (Wildman–Crippen MR) is 109 cm³/mol. The van der Waals surface area contributed by atoms with Crippen LogP contribution in [0.3, 0.4) is 0 Å². The van der Waals surface area contributed by atoms with Gasteiger partial charge in [0.25, 0.3) is 5.56 Å². The van der Waals surface area contributed by atoms with Crippen LogP contribution < -0.4 is 10.5 Å². The molecule has 4 rings (SSSR count). The summed E-state index contributed by atoms with van der Waals surface area (Å²) < 4.78 is 8.92. The van der Waals surface area contributed by atoms with E-state index in [0.717, 1.165) is 5.56 Å². The highest BCUT2D eigenvalue weighted by molar-refractivity contribution is 6.33. The molecule has 146 valence electrons. The van der Waals surface area contributed by atoms with E-state index < -0.39 is 0 Å². The van der Waals surface area contributed by atoms with E-state index in [1.165, 1.54) is 4.68 Å². The van der Waals surface area contributed by atoms with Gasteiger partial charge in [0.05, 0.1) is 36.8 Å². The maximum absolute atomic E-state index is 12.8. The van der Waals surface area contributed by atoms with Crippen molar-refractivity contribution in [3.8, 4) is 5.69 Å². The average Bonchev–Trinajstić information content (AvgIpc) is 3.19. The molecule has 3 aromatic rings. The first-order chi connectivity index (χ1) is 13.5. The molecule has 7 nitrogen and oxygen atoms in total. The molecule has 1 fully saturated rings. The van der Waals surface area contributed by atoms with E-state index >= 15 is 0 Å². The number of hydrogen-bond acceptors (Lipinski definition) is 5. The van der Waals surface area contributed by atoms with Gasteiger partial charge in [-0.1, -0.05) is 29.3 Å². The number of ether oxygens (including phenoxy) is 1. The first-order valence-corrected chi connectivity index (χ1v) is 9.67. The summed E-state index contributed by atoms with van der Waals surface area (Å²) in [5.41, 5.74) is 1.73. The quantitative estimate of drug-likeness (QED) is 0.650. The number of benzene rings is 1. The molecule has 1 aliphatic heterocycles. The molecule has 0 N–H and O–H groups in total. The fraction of sp³-hybridized carbons (Fsp3) is 0.316. The van der Waals surface area contributed by atoms with E-state index in [0.29, 0.717) is 42.6 Å². The molecule has 1 aromatic carbocycles. The Labute approximate surface area is 172 Å². The Morgan fingerprint density at radius 3 is 2.89 bits per heavy atom. The Hall–Kier alpha value is -2.35. The van der Waals surface area contributed by atoms with Crippen molar-refractivity contribution in [2.45, 2.75) is 19.6 Å². The highest BCUT2D eigenvalue weighted by Gasteiger charge is 2.24. The van der Waals surface area contributed by atoms with Crippen LogP contribution >= 0.6 is 23.2 Å². The zero-order valence-electron chi connectivity index (χ0n) is 15.3. The van der Waals surface area contributed by atoms with Crippen LogP contribution in [0.25, 0.3) is 5.69 Å². The lowest BCUT2D eigenvalue weighted by Gasteiger charge is -2.34. The summed E-state index contributed by atoms with van der Waals surface area (Å²) in [5.74, 6) is 0. The molecule has 0 radical (unpaired) electrons.